The lowest BCUT2D eigenvalue weighted by atomic mass is 10.0. The van der Waals surface area contributed by atoms with Crippen molar-refractivity contribution in [3.8, 4) is 0 Å². The SMILES string of the molecule is OCC1CC1c1cccc(C2CC2)c1. The quantitative estimate of drug-likeness (QED) is 0.773. The summed E-state index contributed by atoms with van der Waals surface area (Å²) in [4.78, 5) is 0. The molecule has 0 amide bonds. The third-order valence-electron chi connectivity index (χ3n) is 3.54. The molecule has 2 saturated carbocycles. The van der Waals surface area contributed by atoms with E-state index >= 15 is 0 Å². The monoisotopic (exact) mass is 188 g/mol. The van der Waals surface area contributed by atoms with Crippen LogP contribution in [0.3, 0.4) is 0 Å². The second-order valence-electron chi connectivity index (χ2n) is 4.73. The standard InChI is InChI=1S/C13H16O/c14-8-12-7-13(12)11-3-1-2-10(6-11)9-4-5-9/h1-3,6,9,12-14H,4-5,7-8H2. The van der Waals surface area contributed by atoms with E-state index in [0.717, 1.165) is 5.92 Å². The third kappa shape index (κ3) is 1.46. The van der Waals surface area contributed by atoms with E-state index in [1.54, 1.807) is 0 Å². The van der Waals surface area contributed by atoms with E-state index in [0.29, 0.717) is 18.4 Å². The van der Waals surface area contributed by atoms with Crippen LogP contribution in [-0.4, -0.2) is 11.7 Å². The van der Waals surface area contributed by atoms with Crippen LogP contribution in [0.4, 0.5) is 0 Å². The summed E-state index contributed by atoms with van der Waals surface area (Å²) in [5, 5.41) is 9.03. The first-order valence-electron chi connectivity index (χ1n) is 5.59. The first kappa shape index (κ1) is 8.49. The Balaban J connectivity index is 1.81. The van der Waals surface area contributed by atoms with Crippen molar-refractivity contribution in [3.63, 3.8) is 0 Å². The molecule has 74 valence electrons. The molecule has 0 bridgehead atoms. The van der Waals surface area contributed by atoms with Crippen molar-refractivity contribution in [1.82, 2.24) is 0 Å². The summed E-state index contributed by atoms with van der Waals surface area (Å²) < 4.78 is 0. The zero-order valence-corrected chi connectivity index (χ0v) is 8.32. The molecule has 0 aromatic heterocycles. The molecular weight excluding hydrogens is 172 g/mol. The van der Waals surface area contributed by atoms with Crippen molar-refractivity contribution in [1.29, 1.82) is 0 Å². The second-order valence-corrected chi connectivity index (χ2v) is 4.73. The van der Waals surface area contributed by atoms with Crippen LogP contribution in [0, 0.1) is 5.92 Å². The lowest BCUT2D eigenvalue weighted by molar-refractivity contribution is 0.274. The van der Waals surface area contributed by atoms with Gasteiger partial charge in [0.15, 0.2) is 0 Å². The summed E-state index contributed by atoms with van der Waals surface area (Å²) in [6, 6.07) is 9.00. The van der Waals surface area contributed by atoms with Crippen molar-refractivity contribution in [2.75, 3.05) is 6.61 Å². The fourth-order valence-corrected chi connectivity index (χ4v) is 2.32. The third-order valence-corrected chi connectivity index (χ3v) is 3.54. The minimum absolute atomic E-state index is 0.359. The highest BCUT2D eigenvalue weighted by Crippen LogP contribution is 2.48. The van der Waals surface area contributed by atoms with Gasteiger partial charge in [-0.2, -0.15) is 0 Å². The first-order chi connectivity index (χ1) is 6.88. The van der Waals surface area contributed by atoms with E-state index in [2.05, 4.69) is 24.3 Å². The Morgan fingerprint density at radius 1 is 1.21 bits per heavy atom. The number of rotatable bonds is 3. The topological polar surface area (TPSA) is 20.2 Å². The van der Waals surface area contributed by atoms with Crippen molar-refractivity contribution in [2.24, 2.45) is 5.92 Å². The zero-order valence-electron chi connectivity index (χ0n) is 8.32. The number of benzene rings is 1. The predicted molar refractivity (Wildman–Crippen MR) is 56.4 cm³/mol. The molecule has 2 atom stereocenters. The molecule has 1 nitrogen and oxygen atoms in total. The minimum atomic E-state index is 0.359. The average Bonchev–Trinajstić information content (AvgIpc) is 3.11. The molecular formula is C13H16O. The Labute approximate surface area is 84.8 Å². The van der Waals surface area contributed by atoms with E-state index in [4.69, 9.17) is 5.11 Å². The van der Waals surface area contributed by atoms with Crippen molar-refractivity contribution < 1.29 is 5.11 Å². The summed E-state index contributed by atoms with van der Waals surface area (Å²) in [6.07, 6.45) is 3.93. The van der Waals surface area contributed by atoms with Gasteiger partial charge in [-0.3, -0.25) is 0 Å². The van der Waals surface area contributed by atoms with Gasteiger partial charge in [0.1, 0.15) is 0 Å². The van der Waals surface area contributed by atoms with E-state index in [1.807, 2.05) is 0 Å². The largest absolute Gasteiger partial charge is 0.396 e. The molecule has 2 fully saturated rings. The molecule has 0 spiro atoms. The van der Waals surface area contributed by atoms with E-state index < -0.39 is 0 Å². The Kier molecular flexibility index (Phi) is 1.88. The Bertz CT molecular complexity index is 341. The Morgan fingerprint density at radius 2 is 2.00 bits per heavy atom. The highest BCUT2D eigenvalue weighted by molar-refractivity contribution is 5.33. The normalized spacial score (nSPS) is 30.4. The Morgan fingerprint density at radius 3 is 2.64 bits per heavy atom. The summed E-state index contributed by atoms with van der Waals surface area (Å²) in [5.41, 5.74) is 2.97. The van der Waals surface area contributed by atoms with Crippen LogP contribution in [-0.2, 0) is 0 Å². The molecule has 0 aliphatic heterocycles. The maximum Gasteiger partial charge on any atom is 0.0465 e. The van der Waals surface area contributed by atoms with Crippen LogP contribution < -0.4 is 0 Å². The van der Waals surface area contributed by atoms with E-state index in [-0.39, 0.29) is 0 Å². The molecule has 1 heteroatoms. The van der Waals surface area contributed by atoms with E-state index in [9.17, 15) is 0 Å². The van der Waals surface area contributed by atoms with Gasteiger partial charge in [-0.05, 0) is 48.1 Å². The highest BCUT2D eigenvalue weighted by Gasteiger charge is 2.37. The fraction of sp³-hybridized carbons (Fsp3) is 0.538. The molecule has 2 aliphatic rings. The summed E-state index contributed by atoms with van der Waals surface area (Å²) in [5.74, 6) is 2.05. The second kappa shape index (κ2) is 3.09. The van der Waals surface area contributed by atoms with Gasteiger partial charge >= 0.3 is 0 Å². The Hall–Kier alpha value is -0.820. The van der Waals surface area contributed by atoms with Crippen molar-refractivity contribution in [2.45, 2.75) is 31.1 Å². The predicted octanol–water partition coefficient (Wildman–Crippen LogP) is 2.66. The lowest BCUT2D eigenvalue weighted by Crippen LogP contribution is -1.89. The smallest absolute Gasteiger partial charge is 0.0465 e. The average molecular weight is 188 g/mol. The van der Waals surface area contributed by atoms with Crippen LogP contribution in [0.15, 0.2) is 24.3 Å². The fourth-order valence-electron chi connectivity index (χ4n) is 2.32. The molecule has 3 rings (SSSR count). The van der Waals surface area contributed by atoms with Crippen LogP contribution in [0.1, 0.15) is 42.2 Å². The van der Waals surface area contributed by atoms with Crippen molar-refractivity contribution >= 4 is 0 Å². The van der Waals surface area contributed by atoms with Gasteiger partial charge in [-0.15, -0.1) is 0 Å². The van der Waals surface area contributed by atoms with Gasteiger partial charge in [0, 0.05) is 6.61 Å². The molecule has 1 aromatic carbocycles. The maximum absolute atomic E-state index is 9.03. The zero-order chi connectivity index (χ0) is 9.54. The van der Waals surface area contributed by atoms with Gasteiger partial charge < -0.3 is 5.11 Å². The van der Waals surface area contributed by atoms with Crippen LogP contribution in [0.25, 0.3) is 0 Å². The van der Waals surface area contributed by atoms with Gasteiger partial charge in [0.2, 0.25) is 0 Å². The minimum Gasteiger partial charge on any atom is -0.396 e. The summed E-state index contributed by atoms with van der Waals surface area (Å²) in [6.45, 7) is 0.359. The molecule has 1 N–H and O–H groups in total. The summed E-state index contributed by atoms with van der Waals surface area (Å²) in [7, 11) is 0. The van der Waals surface area contributed by atoms with E-state index in [1.165, 1.54) is 30.4 Å². The molecule has 0 radical (unpaired) electrons. The van der Waals surface area contributed by atoms with Crippen LogP contribution in [0.5, 0.6) is 0 Å². The molecule has 0 saturated heterocycles. The molecule has 2 aliphatic carbocycles. The molecule has 14 heavy (non-hydrogen) atoms. The van der Waals surface area contributed by atoms with Gasteiger partial charge in [-0.25, -0.2) is 0 Å². The highest BCUT2D eigenvalue weighted by atomic mass is 16.3. The van der Waals surface area contributed by atoms with Gasteiger partial charge in [0.05, 0.1) is 0 Å². The summed E-state index contributed by atoms with van der Waals surface area (Å²) >= 11 is 0. The lowest BCUT2D eigenvalue weighted by Gasteiger charge is -2.02. The molecule has 0 heterocycles. The van der Waals surface area contributed by atoms with Gasteiger partial charge in [0.25, 0.3) is 0 Å². The molecule has 1 aromatic rings. The molecule has 2 unspecified atom stereocenters. The maximum atomic E-state index is 9.03. The number of hydrogen-bond donors (Lipinski definition) is 1. The number of hydrogen-bond acceptors (Lipinski definition) is 1. The number of aliphatic hydroxyl groups is 1. The number of aliphatic hydroxyl groups excluding tert-OH is 1. The van der Waals surface area contributed by atoms with Gasteiger partial charge in [-0.1, -0.05) is 24.3 Å². The van der Waals surface area contributed by atoms with Crippen LogP contribution in [0.2, 0.25) is 0 Å². The van der Waals surface area contributed by atoms with Crippen LogP contribution >= 0.6 is 0 Å². The van der Waals surface area contributed by atoms with Crippen molar-refractivity contribution in [3.05, 3.63) is 35.4 Å². The first-order valence-corrected chi connectivity index (χ1v) is 5.59.